The monoisotopic (exact) mass is 677 g/mol. The first kappa shape index (κ1) is 36.8. The number of benzene rings is 2. The number of carbonyl (C=O) groups excluding carboxylic acids is 4. The second-order valence-electron chi connectivity index (χ2n) is 12.6. The minimum Gasteiger partial charge on any atom is -0.493 e. The predicted molar refractivity (Wildman–Crippen MR) is 180 cm³/mol. The molecular weight excluding hydrogens is 630 g/mol. The minimum absolute atomic E-state index is 0.0933. The summed E-state index contributed by atoms with van der Waals surface area (Å²) in [6.07, 6.45) is 3.58. The van der Waals surface area contributed by atoms with Crippen molar-refractivity contribution in [3.8, 4) is 11.5 Å². The van der Waals surface area contributed by atoms with Crippen molar-refractivity contribution in [2.45, 2.75) is 59.4 Å². The number of carbonyl (C=O) groups is 4. The van der Waals surface area contributed by atoms with Gasteiger partial charge in [-0.2, -0.15) is 0 Å². The number of amides is 3. The highest BCUT2D eigenvalue weighted by atomic mass is 16.5. The maximum Gasteiger partial charge on any atom is 0.314 e. The van der Waals surface area contributed by atoms with E-state index in [1.165, 1.54) is 13.4 Å². The zero-order valence-electron chi connectivity index (χ0n) is 28.8. The molecular formula is C35H47N7O7. The highest BCUT2D eigenvalue weighted by molar-refractivity contribution is 5.94. The highest BCUT2D eigenvalue weighted by Crippen LogP contribution is 2.35. The van der Waals surface area contributed by atoms with Crippen LogP contribution in [-0.2, 0) is 32.1 Å². The van der Waals surface area contributed by atoms with Gasteiger partial charge in [0.25, 0.3) is 11.8 Å². The van der Waals surface area contributed by atoms with Crippen LogP contribution in [0.15, 0.2) is 48.8 Å². The van der Waals surface area contributed by atoms with Crippen molar-refractivity contribution in [1.29, 1.82) is 0 Å². The summed E-state index contributed by atoms with van der Waals surface area (Å²) < 4.78 is 18.5. The predicted octanol–water partition coefficient (Wildman–Crippen LogP) is 2.81. The molecule has 0 spiro atoms. The van der Waals surface area contributed by atoms with Crippen LogP contribution in [0.25, 0.3) is 0 Å². The van der Waals surface area contributed by atoms with E-state index in [0.29, 0.717) is 48.8 Å². The fraction of sp³-hybridized carbons (Fsp3) is 0.514. The molecule has 2 bridgehead atoms. The number of fused-ring (bicyclic) bond motifs is 16. The standard InChI is InChI=1S/C35H47N7O7/c1-5-48-34(46)35(15-14-25(2)3)20-27-10-13-29(30(19-27)47-4)49-22-32(44)36-16-18-41(17-6-7-31(43)37-23-35)33(45)28-11-8-26(9-12-28)21-42-24-38-39-40-42/h8-13,19,24-25H,5-7,14-18,20-23H2,1-4H3,(H,36,44)(H,37,43). The van der Waals surface area contributed by atoms with E-state index in [2.05, 4.69) is 40.0 Å². The number of ether oxygens (including phenoxy) is 3. The highest BCUT2D eigenvalue weighted by Gasteiger charge is 2.40. The normalized spacial score (nSPS) is 18.0. The lowest BCUT2D eigenvalue weighted by Gasteiger charge is -2.33. The van der Waals surface area contributed by atoms with Gasteiger partial charge in [-0.15, -0.1) is 5.10 Å². The van der Waals surface area contributed by atoms with Gasteiger partial charge in [0.15, 0.2) is 18.1 Å². The van der Waals surface area contributed by atoms with Crippen LogP contribution in [0.1, 0.15) is 67.9 Å². The van der Waals surface area contributed by atoms with Crippen LogP contribution >= 0.6 is 0 Å². The van der Waals surface area contributed by atoms with Crippen LogP contribution in [-0.4, -0.2) is 95.3 Å². The van der Waals surface area contributed by atoms with Gasteiger partial charge in [-0.1, -0.05) is 32.0 Å². The van der Waals surface area contributed by atoms with Crippen molar-refractivity contribution in [3.05, 3.63) is 65.5 Å². The maximum absolute atomic E-state index is 13.6. The topological polar surface area (TPSA) is 167 Å². The van der Waals surface area contributed by atoms with E-state index in [1.807, 2.05) is 18.2 Å². The number of methoxy groups -OCH3 is 1. The van der Waals surface area contributed by atoms with Gasteiger partial charge in [0.1, 0.15) is 6.33 Å². The summed E-state index contributed by atoms with van der Waals surface area (Å²) in [7, 11) is 1.51. The molecule has 0 radical (unpaired) electrons. The Morgan fingerprint density at radius 3 is 2.55 bits per heavy atom. The summed E-state index contributed by atoms with van der Waals surface area (Å²) in [5.41, 5.74) is 1.17. The molecule has 1 aromatic heterocycles. The van der Waals surface area contributed by atoms with E-state index in [1.54, 1.807) is 40.8 Å². The Bertz CT molecular complexity index is 1550. The molecule has 1 atom stereocenters. The molecule has 0 saturated heterocycles. The van der Waals surface area contributed by atoms with Gasteiger partial charge in [-0.05, 0) is 84.3 Å². The number of tetrazole rings is 1. The lowest BCUT2D eigenvalue weighted by atomic mass is 9.76. The molecule has 49 heavy (non-hydrogen) atoms. The second kappa shape index (κ2) is 17.9. The average molecular weight is 678 g/mol. The van der Waals surface area contributed by atoms with Gasteiger partial charge in [0.05, 0.1) is 25.7 Å². The molecule has 0 fully saturated rings. The summed E-state index contributed by atoms with van der Waals surface area (Å²) >= 11 is 0. The molecule has 0 saturated carbocycles. The summed E-state index contributed by atoms with van der Waals surface area (Å²) in [6.45, 7) is 7.13. The molecule has 2 aliphatic heterocycles. The number of nitrogens with zero attached hydrogens (tertiary/aromatic N) is 5. The molecule has 1 unspecified atom stereocenters. The molecule has 2 N–H and O–H groups in total. The number of aromatic nitrogens is 4. The maximum atomic E-state index is 13.6. The Morgan fingerprint density at radius 1 is 1.06 bits per heavy atom. The number of nitrogens with one attached hydrogen (secondary N) is 2. The Morgan fingerprint density at radius 2 is 1.86 bits per heavy atom. The zero-order valence-corrected chi connectivity index (χ0v) is 28.8. The molecule has 3 heterocycles. The van der Waals surface area contributed by atoms with Crippen LogP contribution in [0.4, 0.5) is 0 Å². The van der Waals surface area contributed by atoms with Crippen molar-refractivity contribution >= 4 is 23.7 Å². The molecule has 14 nitrogen and oxygen atoms in total. The van der Waals surface area contributed by atoms with E-state index >= 15 is 0 Å². The first-order valence-electron chi connectivity index (χ1n) is 16.7. The van der Waals surface area contributed by atoms with E-state index in [0.717, 1.165) is 17.5 Å². The van der Waals surface area contributed by atoms with Crippen LogP contribution in [0.5, 0.6) is 11.5 Å². The van der Waals surface area contributed by atoms with Crippen molar-refractivity contribution in [3.63, 3.8) is 0 Å². The second-order valence-corrected chi connectivity index (χ2v) is 12.6. The van der Waals surface area contributed by atoms with Crippen molar-refractivity contribution < 1.29 is 33.4 Å². The summed E-state index contributed by atoms with van der Waals surface area (Å²) in [6, 6.07) is 12.5. The molecule has 0 aliphatic carbocycles. The molecule has 264 valence electrons. The fourth-order valence-corrected chi connectivity index (χ4v) is 5.67. The van der Waals surface area contributed by atoms with Crippen LogP contribution < -0.4 is 20.1 Å². The van der Waals surface area contributed by atoms with E-state index < -0.39 is 5.41 Å². The number of hydrogen-bond acceptors (Lipinski definition) is 10. The van der Waals surface area contributed by atoms with Gasteiger partial charge < -0.3 is 29.7 Å². The van der Waals surface area contributed by atoms with Crippen molar-refractivity contribution in [2.24, 2.45) is 11.3 Å². The fourth-order valence-electron chi connectivity index (χ4n) is 5.67. The SMILES string of the molecule is CCOC(=O)C1(CCC(C)C)CNC(=O)CCCN(C(=O)c2ccc(Cn3cnnn3)cc2)CCNC(=O)COc2ccc(cc2OC)C1. The third-order valence-electron chi connectivity index (χ3n) is 8.42. The molecule has 2 aliphatic rings. The number of hydrogen-bond donors (Lipinski definition) is 2. The van der Waals surface area contributed by atoms with Crippen LogP contribution in [0.3, 0.4) is 0 Å². The lowest BCUT2D eigenvalue weighted by molar-refractivity contribution is -0.156. The smallest absolute Gasteiger partial charge is 0.314 e. The third kappa shape index (κ3) is 10.7. The molecule has 3 amide bonds. The largest absolute Gasteiger partial charge is 0.493 e. The Hall–Kier alpha value is -5.01. The lowest BCUT2D eigenvalue weighted by Crippen LogP contribution is -2.46. The Balaban J connectivity index is 1.56. The Kier molecular flexibility index (Phi) is 13.5. The molecule has 2 aromatic carbocycles. The van der Waals surface area contributed by atoms with Gasteiger partial charge in [0.2, 0.25) is 5.91 Å². The first-order chi connectivity index (χ1) is 23.6. The zero-order chi connectivity index (χ0) is 35.2. The Labute approximate surface area is 286 Å². The van der Waals surface area contributed by atoms with Crippen molar-refractivity contribution in [1.82, 2.24) is 35.7 Å². The number of esters is 1. The molecule has 5 rings (SSSR count). The molecule has 3 aromatic rings. The first-order valence-corrected chi connectivity index (χ1v) is 16.7. The van der Waals surface area contributed by atoms with E-state index in [4.69, 9.17) is 14.2 Å². The summed E-state index contributed by atoms with van der Waals surface area (Å²) in [5, 5.41) is 17.0. The number of rotatable bonds is 9. The minimum atomic E-state index is -1.02. The summed E-state index contributed by atoms with van der Waals surface area (Å²) in [5.74, 6) is -0.0977. The van der Waals surface area contributed by atoms with Gasteiger partial charge >= 0.3 is 5.97 Å². The average Bonchev–Trinajstić information content (AvgIpc) is 3.61. The third-order valence-corrected chi connectivity index (χ3v) is 8.42. The quantitative estimate of drug-likeness (QED) is 0.254. The summed E-state index contributed by atoms with van der Waals surface area (Å²) in [4.78, 5) is 54.8. The van der Waals surface area contributed by atoms with Crippen molar-refractivity contribution in [2.75, 3.05) is 46.5 Å². The van der Waals surface area contributed by atoms with Gasteiger partial charge in [-0.3, -0.25) is 19.2 Å². The molecule has 14 heteroatoms. The van der Waals surface area contributed by atoms with E-state index in [9.17, 15) is 19.2 Å². The van der Waals surface area contributed by atoms with E-state index in [-0.39, 0.29) is 69.5 Å². The van der Waals surface area contributed by atoms with Gasteiger partial charge in [-0.25, -0.2) is 4.68 Å². The van der Waals surface area contributed by atoms with Crippen LogP contribution in [0.2, 0.25) is 0 Å². The van der Waals surface area contributed by atoms with Crippen LogP contribution in [0, 0.1) is 11.3 Å². The van der Waals surface area contributed by atoms with Gasteiger partial charge in [0, 0.05) is 38.2 Å².